The molecule has 9 heteroatoms. The number of amides is 2. The highest BCUT2D eigenvalue weighted by Crippen LogP contribution is 2.27. The lowest BCUT2D eigenvalue weighted by Crippen LogP contribution is -2.45. The Labute approximate surface area is 211 Å². The number of nitrogens with zero attached hydrogens (tertiary/aromatic N) is 2. The number of carbonyl (C=O) groups is 2. The normalized spacial score (nSPS) is 16.4. The smallest absolute Gasteiger partial charge is 0.258 e. The number of halogens is 1. The maximum absolute atomic E-state index is 14.7. The van der Waals surface area contributed by atoms with Crippen LogP contribution >= 0.6 is 0 Å². The van der Waals surface area contributed by atoms with Gasteiger partial charge < -0.3 is 20.2 Å². The zero-order valence-corrected chi connectivity index (χ0v) is 21.1. The standard InChI is InChI=1S/C27H34FN5O3/c1-17(24(30)33-11-6-9-23(33)29)7-5-8-18(2)31-25(35)21-13-20-15-32(26(36)27(3,4)16-34)12-10-19(20)14-22(21)28/h5,7-8,13-14,29-30,34H,2,6,9-12,15-16H2,1,3-4H3,(H,31,35)/b8-5-,17-7+,29-23?,30-24?. The van der Waals surface area contributed by atoms with Crippen molar-refractivity contribution in [2.75, 3.05) is 19.7 Å². The van der Waals surface area contributed by atoms with Gasteiger partial charge in [-0.1, -0.05) is 18.7 Å². The number of carbonyl (C=O) groups excluding carboxylic acids is 2. The molecule has 0 radical (unpaired) electrons. The van der Waals surface area contributed by atoms with Gasteiger partial charge in [0.1, 0.15) is 17.5 Å². The Morgan fingerprint density at radius 2 is 1.97 bits per heavy atom. The predicted octanol–water partition coefficient (Wildman–Crippen LogP) is 3.53. The fourth-order valence-electron chi connectivity index (χ4n) is 4.20. The lowest BCUT2D eigenvalue weighted by Gasteiger charge is -2.34. The average molecular weight is 496 g/mol. The average Bonchev–Trinajstić information content (AvgIpc) is 3.27. The Morgan fingerprint density at radius 3 is 2.61 bits per heavy atom. The second-order valence-corrected chi connectivity index (χ2v) is 9.86. The highest BCUT2D eigenvalue weighted by atomic mass is 19.1. The Bertz CT molecular complexity index is 1170. The summed E-state index contributed by atoms with van der Waals surface area (Å²) in [6.07, 6.45) is 6.89. The lowest BCUT2D eigenvalue weighted by molar-refractivity contribution is -0.143. The Kier molecular flexibility index (Phi) is 8.24. The van der Waals surface area contributed by atoms with Crippen molar-refractivity contribution in [1.29, 1.82) is 10.8 Å². The number of allylic oxidation sites excluding steroid dienone is 3. The summed E-state index contributed by atoms with van der Waals surface area (Å²) in [6, 6.07) is 2.81. The van der Waals surface area contributed by atoms with E-state index in [9.17, 15) is 19.1 Å². The summed E-state index contributed by atoms with van der Waals surface area (Å²) in [5.74, 6) is -0.783. The van der Waals surface area contributed by atoms with Gasteiger partial charge >= 0.3 is 0 Å². The molecule has 0 aliphatic carbocycles. The third-order valence-electron chi connectivity index (χ3n) is 6.49. The topological polar surface area (TPSA) is 121 Å². The van der Waals surface area contributed by atoms with E-state index in [1.807, 2.05) is 0 Å². The summed E-state index contributed by atoms with van der Waals surface area (Å²) in [7, 11) is 0. The molecule has 2 amide bonds. The molecule has 1 fully saturated rings. The number of aliphatic hydroxyl groups excluding tert-OH is 1. The molecule has 0 spiro atoms. The van der Waals surface area contributed by atoms with Crippen molar-refractivity contribution in [1.82, 2.24) is 15.1 Å². The third-order valence-corrected chi connectivity index (χ3v) is 6.49. The van der Waals surface area contributed by atoms with Crippen molar-refractivity contribution in [3.8, 4) is 0 Å². The fraction of sp³-hybridized carbons (Fsp3) is 0.407. The second kappa shape index (κ2) is 11.0. The molecule has 2 aliphatic rings. The van der Waals surface area contributed by atoms with Gasteiger partial charge in [0.25, 0.3) is 5.91 Å². The summed E-state index contributed by atoms with van der Waals surface area (Å²) < 4.78 is 14.7. The number of amidine groups is 2. The number of nitrogens with one attached hydrogen (secondary N) is 3. The van der Waals surface area contributed by atoms with Crippen LogP contribution in [0.15, 0.2) is 48.2 Å². The number of hydrogen-bond donors (Lipinski definition) is 4. The molecular formula is C27H34FN5O3. The molecule has 0 bridgehead atoms. The van der Waals surface area contributed by atoms with Gasteiger partial charge in [-0.25, -0.2) is 4.39 Å². The lowest BCUT2D eigenvalue weighted by atomic mass is 9.90. The molecule has 1 saturated heterocycles. The van der Waals surface area contributed by atoms with Gasteiger partial charge in [-0.15, -0.1) is 0 Å². The van der Waals surface area contributed by atoms with Crippen LogP contribution < -0.4 is 5.32 Å². The van der Waals surface area contributed by atoms with Gasteiger partial charge in [-0.3, -0.25) is 20.4 Å². The van der Waals surface area contributed by atoms with Crippen LogP contribution in [0.3, 0.4) is 0 Å². The molecule has 1 aromatic carbocycles. The molecule has 2 aliphatic heterocycles. The number of likely N-dealkylation sites (tertiary alicyclic amines) is 1. The van der Waals surface area contributed by atoms with Gasteiger partial charge in [-0.05, 0) is 68.5 Å². The van der Waals surface area contributed by atoms with E-state index in [0.29, 0.717) is 42.9 Å². The van der Waals surface area contributed by atoms with E-state index in [1.54, 1.807) is 48.8 Å². The van der Waals surface area contributed by atoms with Crippen LogP contribution in [0.25, 0.3) is 0 Å². The zero-order valence-electron chi connectivity index (χ0n) is 21.1. The molecule has 3 rings (SSSR count). The molecule has 192 valence electrons. The van der Waals surface area contributed by atoms with Gasteiger partial charge in [0.05, 0.1) is 17.6 Å². The molecular weight excluding hydrogens is 461 g/mol. The molecule has 2 heterocycles. The van der Waals surface area contributed by atoms with Crippen LogP contribution in [-0.2, 0) is 17.8 Å². The maximum Gasteiger partial charge on any atom is 0.258 e. The third kappa shape index (κ3) is 5.96. The number of benzene rings is 1. The largest absolute Gasteiger partial charge is 0.395 e. The maximum atomic E-state index is 14.7. The van der Waals surface area contributed by atoms with Crippen molar-refractivity contribution < 1.29 is 19.1 Å². The Hall–Kier alpha value is -3.59. The number of hydrogen-bond acceptors (Lipinski definition) is 5. The molecule has 0 aromatic heterocycles. The molecule has 36 heavy (non-hydrogen) atoms. The van der Waals surface area contributed by atoms with Crippen LogP contribution in [0.2, 0.25) is 0 Å². The predicted molar refractivity (Wildman–Crippen MR) is 137 cm³/mol. The zero-order chi connectivity index (χ0) is 26.6. The van der Waals surface area contributed by atoms with Crippen LogP contribution in [-0.4, -0.2) is 58.1 Å². The van der Waals surface area contributed by atoms with E-state index in [0.717, 1.165) is 12.0 Å². The molecule has 0 unspecified atom stereocenters. The summed E-state index contributed by atoms with van der Waals surface area (Å²) in [5.41, 5.74) is 1.32. The molecule has 4 N–H and O–H groups in total. The summed E-state index contributed by atoms with van der Waals surface area (Å²) in [4.78, 5) is 28.8. The van der Waals surface area contributed by atoms with E-state index in [-0.39, 0.29) is 36.2 Å². The van der Waals surface area contributed by atoms with Gasteiger partial charge in [0.2, 0.25) is 5.91 Å². The van der Waals surface area contributed by atoms with Crippen LogP contribution in [0.4, 0.5) is 4.39 Å². The van der Waals surface area contributed by atoms with E-state index < -0.39 is 17.1 Å². The van der Waals surface area contributed by atoms with E-state index in [1.165, 1.54) is 12.1 Å². The highest BCUT2D eigenvalue weighted by molar-refractivity contribution is 6.07. The van der Waals surface area contributed by atoms with Gasteiger partial charge in [0, 0.05) is 31.8 Å². The Balaban J connectivity index is 1.66. The summed E-state index contributed by atoms with van der Waals surface area (Å²) in [5, 5.41) is 28.2. The summed E-state index contributed by atoms with van der Waals surface area (Å²) >= 11 is 0. The van der Waals surface area contributed by atoms with Crippen molar-refractivity contribution in [2.45, 2.75) is 46.6 Å². The minimum Gasteiger partial charge on any atom is -0.395 e. The quantitative estimate of drug-likeness (QED) is 0.263. The molecule has 8 nitrogen and oxygen atoms in total. The highest BCUT2D eigenvalue weighted by Gasteiger charge is 2.33. The number of aliphatic hydroxyl groups is 1. The van der Waals surface area contributed by atoms with Crippen LogP contribution in [0.1, 0.15) is 55.1 Å². The SMILES string of the molecule is C=C(/C=C\C=C(/C)C(=N)N1CCCC1=N)NC(=O)c1cc2c(cc1F)CCN(C(=O)C(C)(C)CO)C2. The minimum absolute atomic E-state index is 0.139. The number of fused-ring (bicyclic) bond motifs is 1. The van der Waals surface area contributed by atoms with Gasteiger partial charge in [0.15, 0.2) is 0 Å². The van der Waals surface area contributed by atoms with Crippen molar-refractivity contribution in [2.24, 2.45) is 5.41 Å². The van der Waals surface area contributed by atoms with Crippen LogP contribution in [0, 0.1) is 22.1 Å². The van der Waals surface area contributed by atoms with Crippen molar-refractivity contribution in [3.05, 3.63) is 70.7 Å². The fourth-order valence-corrected chi connectivity index (χ4v) is 4.20. The van der Waals surface area contributed by atoms with E-state index in [4.69, 9.17) is 10.8 Å². The number of rotatable bonds is 7. The van der Waals surface area contributed by atoms with E-state index >= 15 is 0 Å². The first-order valence-electron chi connectivity index (χ1n) is 11.9. The monoisotopic (exact) mass is 495 g/mol. The summed E-state index contributed by atoms with van der Waals surface area (Å²) in [6.45, 7) is 9.96. The van der Waals surface area contributed by atoms with Crippen LogP contribution in [0.5, 0.6) is 0 Å². The molecule has 1 aromatic rings. The Morgan fingerprint density at radius 1 is 1.25 bits per heavy atom. The first-order valence-corrected chi connectivity index (χ1v) is 11.9. The molecule has 0 atom stereocenters. The first kappa shape index (κ1) is 27.0. The van der Waals surface area contributed by atoms with Crippen molar-refractivity contribution >= 4 is 23.5 Å². The van der Waals surface area contributed by atoms with Crippen molar-refractivity contribution in [3.63, 3.8) is 0 Å². The minimum atomic E-state index is -0.913. The second-order valence-electron chi connectivity index (χ2n) is 9.86. The van der Waals surface area contributed by atoms with Gasteiger partial charge in [-0.2, -0.15) is 0 Å². The molecule has 0 saturated carbocycles. The first-order chi connectivity index (χ1) is 16.9. The van der Waals surface area contributed by atoms with E-state index in [2.05, 4.69) is 11.9 Å².